The average molecular weight is 669 g/mol. The summed E-state index contributed by atoms with van der Waals surface area (Å²) in [4.78, 5) is 29.8. The van der Waals surface area contributed by atoms with Crippen LogP contribution in [0.2, 0.25) is 0 Å². The van der Waals surface area contributed by atoms with E-state index in [1.165, 1.54) is 25.5 Å². The molecule has 8 nitrogen and oxygen atoms in total. The Kier molecular flexibility index (Phi) is 7.46. The number of benzene rings is 1. The predicted octanol–water partition coefficient (Wildman–Crippen LogP) is 7.38. The van der Waals surface area contributed by atoms with E-state index in [1.807, 2.05) is 24.3 Å². The maximum absolute atomic E-state index is 13.5. The molecule has 5 saturated carbocycles. The van der Waals surface area contributed by atoms with E-state index >= 15 is 0 Å². The van der Waals surface area contributed by atoms with Gasteiger partial charge in [0.15, 0.2) is 0 Å². The number of pyridine rings is 1. The topological polar surface area (TPSA) is 125 Å². The van der Waals surface area contributed by atoms with Crippen molar-refractivity contribution in [1.82, 2.24) is 15.6 Å². The van der Waals surface area contributed by atoms with Gasteiger partial charge in [0.2, 0.25) is 5.88 Å². The number of hydrogen-bond acceptors (Lipinski definition) is 7. The molecule has 8 heteroatoms. The first-order valence-electron chi connectivity index (χ1n) is 19.0. The van der Waals surface area contributed by atoms with Gasteiger partial charge < -0.3 is 25.8 Å². The molecule has 8 rings (SSSR count). The van der Waals surface area contributed by atoms with Crippen molar-refractivity contribution < 1.29 is 19.1 Å². The van der Waals surface area contributed by atoms with Crippen LogP contribution in [0.3, 0.4) is 0 Å². The Hall–Kier alpha value is -2.97. The summed E-state index contributed by atoms with van der Waals surface area (Å²) in [5, 5.41) is 7.68. The number of hydrogen-bond donors (Lipinski definition) is 3. The minimum Gasteiger partial charge on any atom is -0.465 e. The predicted molar refractivity (Wildman–Crippen MR) is 189 cm³/mol. The molecule has 1 saturated heterocycles. The van der Waals surface area contributed by atoms with Gasteiger partial charge in [-0.15, -0.1) is 0 Å². The van der Waals surface area contributed by atoms with Crippen molar-refractivity contribution in [2.24, 2.45) is 46.2 Å². The van der Waals surface area contributed by atoms with Gasteiger partial charge in [-0.05, 0) is 135 Å². The van der Waals surface area contributed by atoms with Crippen LogP contribution < -0.4 is 21.1 Å². The van der Waals surface area contributed by atoms with Crippen LogP contribution >= 0.6 is 0 Å². The molecule has 6 fully saturated rings. The van der Waals surface area contributed by atoms with Crippen molar-refractivity contribution in [3.05, 3.63) is 59.8 Å². The van der Waals surface area contributed by atoms with E-state index in [4.69, 9.17) is 15.2 Å². The maximum Gasteiger partial charge on any atom is 0.414 e. The number of esters is 1. The largest absolute Gasteiger partial charge is 0.465 e. The molecule has 1 spiro atoms. The Morgan fingerprint density at radius 3 is 2.39 bits per heavy atom. The highest BCUT2D eigenvalue weighted by Gasteiger charge is 2.82. The van der Waals surface area contributed by atoms with Gasteiger partial charge in [-0.3, -0.25) is 0 Å². The zero-order chi connectivity index (χ0) is 34.6. The zero-order valence-electron chi connectivity index (χ0n) is 30.3. The highest BCUT2D eigenvalue weighted by Crippen LogP contribution is 2.78. The molecule has 0 bridgehead atoms. The second kappa shape index (κ2) is 11.0. The number of aromatic nitrogens is 1. The third kappa shape index (κ3) is 4.38. The molecule has 49 heavy (non-hydrogen) atoms. The smallest absolute Gasteiger partial charge is 0.414 e. The van der Waals surface area contributed by atoms with E-state index < -0.39 is 0 Å². The lowest BCUT2D eigenvalue weighted by molar-refractivity contribution is -0.178. The van der Waals surface area contributed by atoms with E-state index in [-0.39, 0.29) is 45.0 Å². The first-order valence-corrected chi connectivity index (χ1v) is 19.0. The standard InChI is InChI=1S/C41H56N4O4/c1-25(2)28-16-19-39(44-35(47)49-32-9-7-8-24-43-32)21-22-40(42)30(33(28)39)14-15-31-36(40,3)20-23-41-37(31,4)18-17-29(38(41,5)45-41)26-10-12-27(13-11-26)34(46)48-6/h7-13,24-25,28-31,33,45H,14-23,42H2,1-6H3,(H,44,47)/t28-,29?,30+,31-,33+,36+,37+,38?,39-,40-,41-/m0/s1. The van der Waals surface area contributed by atoms with Crippen molar-refractivity contribution in [2.75, 3.05) is 7.11 Å². The van der Waals surface area contributed by atoms with Crippen LogP contribution in [-0.4, -0.2) is 46.3 Å². The third-order valence-corrected chi connectivity index (χ3v) is 16.2. The second-order valence-corrected chi connectivity index (χ2v) is 17.9. The minimum atomic E-state index is -0.388. The van der Waals surface area contributed by atoms with E-state index in [1.54, 1.807) is 12.3 Å². The summed E-state index contributed by atoms with van der Waals surface area (Å²) in [5.74, 6) is 2.70. The van der Waals surface area contributed by atoms with Gasteiger partial charge in [-0.1, -0.05) is 45.9 Å². The molecule has 2 unspecified atom stereocenters. The number of methoxy groups -OCH3 is 1. The molecule has 6 aliphatic rings. The fourth-order valence-corrected chi connectivity index (χ4v) is 13.8. The van der Waals surface area contributed by atoms with Gasteiger partial charge in [0, 0.05) is 40.3 Å². The highest BCUT2D eigenvalue weighted by atomic mass is 16.6. The SMILES string of the molecule is COC(=O)c1ccc(C2CC[C@]3(C)[C@H]4CC[C@@H]5[C@H]6[C@H](C(C)C)CC[C@]6(NC(=O)Oc6ccccn6)CC[C@@]5(N)[C@]4(C)CC[C@]34NC24C)cc1. The quantitative estimate of drug-likeness (QED) is 0.224. The van der Waals surface area contributed by atoms with Gasteiger partial charge in [0.1, 0.15) is 0 Å². The van der Waals surface area contributed by atoms with Crippen molar-refractivity contribution in [3.8, 4) is 5.88 Å². The number of carbonyl (C=O) groups excluding carboxylic acids is 2. The summed E-state index contributed by atoms with van der Waals surface area (Å²) in [5.41, 5.74) is 9.60. The normalized spacial score (nSPS) is 44.8. The van der Waals surface area contributed by atoms with Gasteiger partial charge in [-0.25, -0.2) is 14.6 Å². The summed E-state index contributed by atoms with van der Waals surface area (Å²) >= 11 is 0. The average Bonchev–Trinajstić information content (AvgIpc) is 3.56. The van der Waals surface area contributed by atoms with Crippen molar-refractivity contribution in [3.63, 3.8) is 0 Å². The molecule has 1 amide bonds. The molecule has 4 N–H and O–H groups in total. The number of amides is 1. The highest BCUT2D eigenvalue weighted by molar-refractivity contribution is 5.89. The van der Waals surface area contributed by atoms with E-state index in [2.05, 4.69) is 62.4 Å². The lowest BCUT2D eigenvalue weighted by Gasteiger charge is -2.71. The van der Waals surface area contributed by atoms with Crippen molar-refractivity contribution in [1.29, 1.82) is 0 Å². The Labute approximate surface area is 292 Å². The zero-order valence-corrected chi connectivity index (χ0v) is 30.3. The van der Waals surface area contributed by atoms with Gasteiger partial charge in [-0.2, -0.15) is 0 Å². The number of nitrogens with zero attached hydrogens (tertiary/aromatic N) is 1. The van der Waals surface area contributed by atoms with Crippen LogP contribution in [0.5, 0.6) is 5.88 Å². The van der Waals surface area contributed by atoms with E-state index in [9.17, 15) is 9.59 Å². The van der Waals surface area contributed by atoms with E-state index in [0.717, 1.165) is 51.4 Å². The lowest BCUT2D eigenvalue weighted by atomic mass is 9.35. The van der Waals surface area contributed by atoms with Crippen LogP contribution in [0, 0.1) is 40.4 Å². The van der Waals surface area contributed by atoms with Crippen LogP contribution in [0.4, 0.5) is 4.79 Å². The Balaban J connectivity index is 1.08. The maximum atomic E-state index is 13.5. The molecule has 1 aromatic heterocycles. The Morgan fingerprint density at radius 2 is 1.69 bits per heavy atom. The molecule has 11 atom stereocenters. The first kappa shape index (κ1) is 33.2. The summed E-state index contributed by atoms with van der Waals surface area (Å²) in [7, 11) is 1.44. The van der Waals surface area contributed by atoms with Gasteiger partial charge in [0.05, 0.1) is 12.7 Å². The molecule has 1 aliphatic heterocycles. The van der Waals surface area contributed by atoms with Crippen LogP contribution in [0.25, 0.3) is 0 Å². The molecule has 2 heterocycles. The number of rotatable bonds is 5. The first-order chi connectivity index (χ1) is 23.3. The fourth-order valence-electron chi connectivity index (χ4n) is 13.8. The number of fused-ring (bicyclic) bond motifs is 6. The lowest BCUT2D eigenvalue weighted by Crippen LogP contribution is -2.76. The molecule has 2 aromatic rings. The summed E-state index contributed by atoms with van der Waals surface area (Å²) < 4.78 is 10.7. The Bertz CT molecular complexity index is 1630. The van der Waals surface area contributed by atoms with E-state index in [0.29, 0.717) is 47.0 Å². The Morgan fingerprint density at radius 1 is 0.918 bits per heavy atom. The number of nitrogens with two attached hydrogens (primary N) is 1. The van der Waals surface area contributed by atoms with Gasteiger partial charge in [0.25, 0.3) is 0 Å². The third-order valence-electron chi connectivity index (χ3n) is 16.2. The van der Waals surface area contributed by atoms with Crippen LogP contribution in [0.1, 0.15) is 121 Å². The van der Waals surface area contributed by atoms with Gasteiger partial charge >= 0.3 is 12.1 Å². The molecule has 264 valence electrons. The summed E-state index contributed by atoms with van der Waals surface area (Å²) in [6.45, 7) is 12.3. The van der Waals surface area contributed by atoms with Crippen LogP contribution in [0.15, 0.2) is 48.7 Å². The van der Waals surface area contributed by atoms with Crippen molar-refractivity contribution in [2.45, 2.75) is 127 Å². The minimum absolute atomic E-state index is 0.0144. The molecular weight excluding hydrogens is 612 g/mol. The number of carbonyl (C=O) groups is 2. The number of nitrogens with one attached hydrogen (secondary N) is 2. The molecule has 5 aliphatic carbocycles. The fraction of sp³-hybridized carbons (Fsp3) is 0.683. The van der Waals surface area contributed by atoms with Crippen molar-refractivity contribution >= 4 is 12.1 Å². The summed E-state index contributed by atoms with van der Waals surface area (Å²) in [6, 6.07) is 13.5. The van der Waals surface area contributed by atoms with Crippen LogP contribution in [-0.2, 0) is 4.74 Å². The molecular formula is C41H56N4O4. The summed E-state index contributed by atoms with van der Waals surface area (Å²) in [6.07, 6.45) is 12.0. The number of ether oxygens (including phenoxy) is 2. The monoisotopic (exact) mass is 668 g/mol. The second-order valence-electron chi connectivity index (χ2n) is 17.9. The molecule has 1 aromatic carbocycles. The molecule has 0 radical (unpaired) electrons.